The quantitative estimate of drug-likeness (QED) is 0.355. The van der Waals surface area contributed by atoms with Gasteiger partial charge in [-0.05, 0) is 73.9 Å². The van der Waals surface area contributed by atoms with E-state index in [9.17, 15) is 14.9 Å². The molecule has 0 radical (unpaired) electrons. The lowest BCUT2D eigenvalue weighted by atomic mass is 9.93. The first-order valence-corrected chi connectivity index (χ1v) is 11.9. The second kappa shape index (κ2) is 9.20. The number of nitrogens with one attached hydrogen (secondary N) is 1. The minimum atomic E-state index is -0.291. The summed E-state index contributed by atoms with van der Waals surface area (Å²) in [6, 6.07) is 16.1. The molecule has 1 amide bonds. The third kappa shape index (κ3) is 4.46. The van der Waals surface area contributed by atoms with Gasteiger partial charge in [0.25, 0.3) is 5.91 Å². The predicted molar refractivity (Wildman–Crippen MR) is 134 cm³/mol. The van der Waals surface area contributed by atoms with Crippen molar-refractivity contribution in [2.24, 2.45) is 0 Å². The van der Waals surface area contributed by atoms with Crippen molar-refractivity contribution in [1.82, 2.24) is 4.98 Å². The molecule has 0 fully saturated rings. The Morgan fingerprint density at radius 3 is 2.71 bits per heavy atom. The van der Waals surface area contributed by atoms with Crippen molar-refractivity contribution >= 4 is 38.9 Å². The van der Waals surface area contributed by atoms with Crippen molar-refractivity contribution in [1.29, 1.82) is 5.26 Å². The summed E-state index contributed by atoms with van der Waals surface area (Å²) in [6.45, 7) is 4.52. The Bertz CT molecular complexity index is 1460. The van der Waals surface area contributed by atoms with Gasteiger partial charge in [-0.25, -0.2) is 4.98 Å². The molecule has 35 heavy (non-hydrogen) atoms. The molecular weight excluding hydrogens is 462 g/mol. The van der Waals surface area contributed by atoms with Crippen molar-refractivity contribution in [3.63, 3.8) is 0 Å². The molecule has 0 spiro atoms. The third-order valence-corrected chi connectivity index (χ3v) is 6.98. The van der Waals surface area contributed by atoms with Crippen LogP contribution in [-0.4, -0.2) is 23.8 Å². The zero-order chi connectivity index (χ0) is 24.5. The Morgan fingerprint density at radius 1 is 1.20 bits per heavy atom. The van der Waals surface area contributed by atoms with Crippen LogP contribution < -0.4 is 14.8 Å². The van der Waals surface area contributed by atoms with Crippen molar-refractivity contribution in [3.05, 3.63) is 76.3 Å². The number of anilines is 1. The van der Waals surface area contributed by atoms with E-state index in [0.717, 1.165) is 22.1 Å². The van der Waals surface area contributed by atoms with E-state index >= 15 is 0 Å². The van der Waals surface area contributed by atoms with Crippen molar-refractivity contribution < 1.29 is 19.1 Å². The van der Waals surface area contributed by atoms with E-state index in [1.54, 1.807) is 36.4 Å². The van der Waals surface area contributed by atoms with E-state index in [-0.39, 0.29) is 11.8 Å². The van der Waals surface area contributed by atoms with Crippen LogP contribution in [0.1, 0.15) is 45.0 Å². The summed E-state index contributed by atoms with van der Waals surface area (Å²) >= 11 is 1.43. The SMILES string of the molecule is Cc1cc2nc(NC(=O)c3ccc(Oc4cc5c(cc4C#N)C(C=O)CCO5)cc3)sc2cc1C. The lowest BCUT2D eigenvalue weighted by Crippen LogP contribution is -2.15. The summed E-state index contributed by atoms with van der Waals surface area (Å²) in [4.78, 5) is 28.6. The van der Waals surface area contributed by atoms with Crippen LogP contribution in [0.15, 0.2) is 48.5 Å². The fraction of sp³-hybridized carbons (Fsp3) is 0.185. The number of amides is 1. The highest BCUT2D eigenvalue weighted by Gasteiger charge is 2.24. The monoisotopic (exact) mass is 483 g/mol. The average Bonchev–Trinajstić information content (AvgIpc) is 3.24. The summed E-state index contributed by atoms with van der Waals surface area (Å²) in [5, 5.41) is 13.0. The van der Waals surface area contributed by atoms with Crippen molar-refractivity contribution in [2.75, 3.05) is 11.9 Å². The number of aryl methyl sites for hydroxylation is 2. The summed E-state index contributed by atoms with van der Waals surface area (Å²) in [5.41, 5.74) is 4.66. The number of fused-ring (bicyclic) bond motifs is 2. The molecule has 1 aromatic heterocycles. The number of hydrogen-bond donors (Lipinski definition) is 1. The van der Waals surface area contributed by atoms with E-state index in [1.807, 2.05) is 13.0 Å². The molecule has 7 nitrogen and oxygen atoms in total. The van der Waals surface area contributed by atoms with Gasteiger partial charge < -0.3 is 14.3 Å². The largest absolute Gasteiger partial charge is 0.493 e. The van der Waals surface area contributed by atoms with Crippen LogP contribution in [0.25, 0.3) is 10.2 Å². The standard InChI is InChI=1S/C27H21N3O4S/c1-15-9-22-25(10-16(15)2)35-27(29-22)30-26(32)17-3-5-20(6-4-17)34-23-12-24-21(11-19(23)13-28)18(14-31)7-8-33-24/h3-6,9-12,14,18H,7-8H2,1-2H3,(H,29,30,32). The van der Waals surface area contributed by atoms with Gasteiger partial charge >= 0.3 is 0 Å². The number of carbonyl (C=O) groups excluding carboxylic acids is 2. The number of hydrogen-bond acceptors (Lipinski definition) is 7. The Kier molecular flexibility index (Phi) is 5.93. The average molecular weight is 484 g/mol. The second-order valence-corrected chi connectivity index (χ2v) is 9.41. The first-order chi connectivity index (χ1) is 16.9. The van der Waals surface area contributed by atoms with Gasteiger partial charge in [-0.15, -0.1) is 0 Å². The molecule has 2 heterocycles. The van der Waals surface area contributed by atoms with Crippen LogP contribution in [0.4, 0.5) is 5.13 Å². The summed E-state index contributed by atoms with van der Waals surface area (Å²) in [6.07, 6.45) is 1.46. The smallest absolute Gasteiger partial charge is 0.257 e. The highest BCUT2D eigenvalue weighted by molar-refractivity contribution is 7.22. The predicted octanol–water partition coefficient (Wildman–Crippen LogP) is 5.89. The number of rotatable bonds is 5. The topological polar surface area (TPSA) is 101 Å². The molecule has 0 bridgehead atoms. The van der Waals surface area contributed by atoms with Gasteiger partial charge in [0.2, 0.25) is 0 Å². The van der Waals surface area contributed by atoms with Crippen LogP contribution >= 0.6 is 11.3 Å². The number of aromatic nitrogens is 1. The molecule has 0 aliphatic carbocycles. The van der Waals surface area contributed by atoms with E-state index in [0.29, 0.717) is 52.1 Å². The minimum Gasteiger partial charge on any atom is -0.493 e. The number of benzene rings is 3. The maximum absolute atomic E-state index is 12.7. The van der Waals surface area contributed by atoms with Gasteiger partial charge in [0.15, 0.2) is 5.13 Å². The van der Waals surface area contributed by atoms with Crippen molar-refractivity contribution in [2.45, 2.75) is 26.2 Å². The van der Waals surface area contributed by atoms with E-state index < -0.39 is 0 Å². The maximum atomic E-state index is 12.7. The minimum absolute atomic E-state index is 0.274. The second-order valence-electron chi connectivity index (χ2n) is 8.38. The Labute approximate surface area is 205 Å². The van der Waals surface area contributed by atoms with Gasteiger partial charge in [-0.3, -0.25) is 10.1 Å². The Hall–Kier alpha value is -4.22. The van der Waals surface area contributed by atoms with Crippen molar-refractivity contribution in [3.8, 4) is 23.3 Å². The zero-order valence-corrected chi connectivity index (χ0v) is 19.9. The fourth-order valence-corrected chi connectivity index (χ4v) is 4.90. The number of nitrogens with zero attached hydrogens (tertiary/aromatic N) is 2. The van der Waals surface area contributed by atoms with Gasteiger partial charge in [0.05, 0.1) is 22.4 Å². The maximum Gasteiger partial charge on any atom is 0.257 e. The van der Waals surface area contributed by atoms with Gasteiger partial charge in [-0.2, -0.15) is 5.26 Å². The van der Waals surface area contributed by atoms with Crippen LogP contribution in [0.5, 0.6) is 17.2 Å². The van der Waals surface area contributed by atoms with E-state index in [4.69, 9.17) is 9.47 Å². The third-order valence-electron chi connectivity index (χ3n) is 6.05. The fourth-order valence-electron chi connectivity index (χ4n) is 3.96. The van der Waals surface area contributed by atoms with Gasteiger partial charge in [-0.1, -0.05) is 11.3 Å². The number of thiazole rings is 1. The lowest BCUT2D eigenvalue weighted by molar-refractivity contribution is -0.109. The summed E-state index contributed by atoms with van der Waals surface area (Å²) in [7, 11) is 0. The number of aldehydes is 1. The molecule has 0 saturated heterocycles. The van der Waals surface area contributed by atoms with Crippen LogP contribution in [-0.2, 0) is 4.79 Å². The lowest BCUT2D eigenvalue weighted by Gasteiger charge is -2.23. The number of ether oxygens (including phenoxy) is 2. The Morgan fingerprint density at radius 2 is 1.97 bits per heavy atom. The highest BCUT2D eigenvalue weighted by atomic mass is 32.1. The molecule has 4 aromatic rings. The molecule has 1 aliphatic rings. The molecule has 174 valence electrons. The van der Waals surface area contributed by atoms with Gasteiger partial charge in [0, 0.05) is 23.1 Å². The van der Waals surface area contributed by atoms with Crippen LogP contribution in [0.2, 0.25) is 0 Å². The first kappa shape index (κ1) is 22.6. The molecule has 1 N–H and O–H groups in total. The molecule has 3 aromatic carbocycles. The molecule has 8 heteroatoms. The number of nitriles is 1. The molecule has 5 rings (SSSR count). The van der Waals surface area contributed by atoms with E-state index in [2.05, 4.69) is 29.4 Å². The van der Waals surface area contributed by atoms with Gasteiger partial charge in [0.1, 0.15) is 29.6 Å². The molecular formula is C27H21N3O4S. The summed E-state index contributed by atoms with van der Waals surface area (Å²) < 4.78 is 12.6. The normalized spacial score (nSPS) is 14.5. The molecule has 1 aliphatic heterocycles. The molecule has 0 saturated carbocycles. The number of carbonyl (C=O) groups is 2. The summed E-state index contributed by atoms with van der Waals surface area (Å²) in [5.74, 6) is 0.770. The molecule has 1 unspecified atom stereocenters. The van der Waals surface area contributed by atoms with E-state index in [1.165, 1.54) is 16.9 Å². The highest BCUT2D eigenvalue weighted by Crippen LogP contribution is 2.39. The van der Waals surface area contributed by atoms with Crippen LogP contribution in [0.3, 0.4) is 0 Å². The Balaban J connectivity index is 1.32. The zero-order valence-electron chi connectivity index (χ0n) is 19.1. The molecule has 1 atom stereocenters. The first-order valence-electron chi connectivity index (χ1n) is 11.1. The van der Waals surface area contributed by atoms with Crippen LogP contribution in [0, 0.1) is 25.2 Å².